The van der Waals surface area contributed by atoms with Gasteiger partial charge in [0.05, 0.1) is 11.4 Å². The fourth-order valence-electron chi connectivity index (χ4n) is 1.56. The van der Waals surface area contributed by atoms with Gasteiger partial charge in [-0.2, -0.15) is 0 Å². The molecular weight excluding hydrogens is 302 g/mol. The Morgan fingerprint density at radius 1 is 1.40 bits per heavy atom. The van der Waals surface area contributed by atoms with Crippen molar-refractivity contribution in [3.05, 3.63) is 22.7 Å². The first-order chi connectivity index (χ1) is 9.13. The number of nitrogen functional groups attached to an aromatic ring is 1. The van der Waals surface area contributed by atoms with Gasteiger partial charge in [-0.15, -0.1) is 0 Å². The second-order valence-corrected chi connectivity index (χ2v) is 6.84. The number of benzene rings is 1. The molecule has 0 aromatic heterocycles. The van der Waals surface area contributed by atoms with Crippen LogP contribution in [0.15, 0.2) is 17.0 Å². The largest absolute Gasteiger partial charge is 0.398 e. The van der Waals surface area contributed by atoms with Crippen LogP contribution in [0.1, 0.15) is 19.4 Å². The highest BCUT2D eigenvalue weighted by Gasteiger charge is 2.20. The Balaban J connectivity index is 2.93. The van der Waals surface area contributed by atoms with E-state index in [1.54, 1.807) is 20.8 Å². The van der Waals surface area contributed by atoms with Gasteiger partial charge in [0, 0.05) is 16.8 Å². The maximum Gasteiger partial charge on any atom is 0.241 e. The van der Waals surface area contributed by atoms with Gasteiger partial charge < -0.3 is 11.1 Å². The number of sulfonamides is 1. The van der Waals surface area contributed by atoms with Crippen LogP contribution in [0, 0.1) is 6.92 Å². The predicted molar refractivity (Wildman–Crippen MR) is 79.1 cm³/mol. The quantitative estimate of drug-likeness (QED) is 0.706. The molecule has 0 heterocycles. The van der Waals surface area contributed by atoms with Gasteiger partial charge in [0.2, 0.25) is 15.9 Å². The molecule has 0 atom stereocenters. The van der Waals surface area contributed by atoms with E-state index in [-0.39, 0.29) is 28.2 Å². The summed E-state index contributed by atoms with van der Waals surface area (Å²) in [6.45, 7) is 4.81. The van der Waals surface area contributed by atoms with E-state index in [2.05, 4.69) is 10.0 Å². The maximum atomic E-state index is 12.1. The number of nitrogens with two attached hydrogens (primary N) is 1. The van der Waals surface area contributed by atoms with Crippen LogP contribution in [0.5, 0.6) is 0 Å². The lowest BCUT2D eigenvalue weighted by molar-refractivity contribution is -0.120. The number of hydrogen-bond acceptors (Lipinski definition) is 4. The first-order valence-corrected chi connectivity index (χ1v) is 7.84. The standard InChI is InChI=1S/C12H18ClN3O3S/c1-7(2)16-12(17)6-15-20(18,19)11-5-9(13)4-10(14)8(11)3/h4-5,7,15H,6,14H2,1-3H3,(H,16,17). The van der Waals surface area contributed by atoms with Crippen molar-refractivity contribution in [1.29, 1.82) is 0 Å². The van der Waals surface area contributed by atoms with Crippen molar-refractivity contribution in [3.63, 3.8) is 0 Å². The van der Waals surface area contributed by atoms with Gasteiger partial charge in [0.25, 0.3) is 0 Å². The summed E-state index contributed by atoms with van der Waals surface area (Å²) in [7, 11) is -3.84. The topological polar surface area (TPSA) is 101 Å². The lowest BCUT2D eigenvalue weighted by Crippen LogP contribution is -2.39. The molecule has 0 spiro atoms. The molecule has 8 heteroatoms. The van der Waals surface area contributed by atoms with Crippen molar-refractivity contribution in [2.75, 3.05) is 12.3 Å². The third kappa shape index (κ3) is 4.36. The molecule has 1 amide bonds. The van der Waals surface area contributed by atoms with Gasteiger partial charge in [-0.3, -0.25) is 4.79 Å². The summed E-state index contributed by atoms with van der Waals surface area (Å²) in [4.78, 5) is 11.4. The van der Waals surface area contributed by atoms with Crippen molar-refractivity contribution >= 4 is 33.2 Å². The first kappa shape index (κ1) is 16.7. The summed E-state index contributed by atoms with van der Waals surface area (Å²) < 4.78 is 26.5. The minimum Gasteiger partial charge on any atom is -0.398 e. The molecule has 112 valence electrons. The summed E-state index contributed by atoms with van der Waals surface area (Å²) in [5.41, 5.74) is 6.36. The molecule has 0 fully saturated rings. The summed E-state index contributed by atoms with van der Waals surface area (Å²) in [5, 5.41) is 2.81. The molecule has 0 bridgehead atoms. The molecule has 1 aromatic carbocycles. The molecule has 0 radical (unpaired) electrons. The molecule has 0 aliphatic rings. The zero-order valence-corrected chi connectivity index (χ0v) is 13.1. The fourth-order valence-corrected chi connectivity index (χ4v) is 3.14. The van der Waals surface area contributed by atoms with Gasteiger partial charge >= 0.3 is 0 Å². The number of hydrogen-bond donors (Lipinski definition) is 3. The Morgan fingerprint density at radius 2 is 2.00 bits per heavy atom. The van der Waals surface area contributed by atoms with Crippen LogP contribution >= 0.6 is 11.6 Å². The summed E-state index contributed by atoms with van der Waals surface area (Å²) in [6, 6.07) is 2.72. The molecule has 6 nitrogen and oxygen atoms in total. The Morgan fingerprint density at radius 3 is 2.55 bits per heavy atom. The zero-order chi connectivity index (χ0) is 15.5. The Labute approximate surface area is 123 Å². The van der Waals surface area contributed by atoms with Crippen LogP contribution in [-0.2, 0) is 14.8 Å². The number of amides is 1. The first-order valence-electron chi connectivity index (χ1n) is 5.98. The van der Waals surface area contributed by atoms with Crippen molar-refractivity contribution in [2.45, 2.75) is 31.7 Å². The van der Waals surface area contributed by atoms with Crippen LogP contribution in [-0.4, -0.2) is 26.9 Å². The van der Waals surface area contributed by atoms with Crippen LogP contribution in [0.4, 0.5) is 5.69 Å². The highest BCUT2D eigenvalue weighted by atomic mass is 35.5. The number of carbonyl (C=O) groups is 1. The lowest BCUT2D eigenvalue weighted by Gasteiger charge is -2.12. The number of carbonyl (C=O) groups excluding carboxylic acids is 1. The molecule has 0 aliphatic heterocycles. The molecule has 4 N–H and O–H groups in total. The van der Waals surface area contributed by atoms with Crippen LogP contribution < -0.4 is 15.8 Å². The highest BCUT2D eigenvalue weighted by molar-refractivity contribution is 7.89. The molecule has 0 saturated carbocycles. The van der Waals surface area contributed by atoms with Crippen molar-refractivity contribution in [2.24, 2.45) is 0 Å². The van der Waals surface area contributed by atoms with E-state index in [9.17, 15) is 13.2 Å². The van der Waals surface area contributed by atoms with Crippen molar-refractivity contribution in [1.82, 2.24) is 10.0 Å². The van der Waals surface area contributed by atoms with E-state index < -0.39 is 15.9 Å². The van der Waals surface area contributed by atoms with Gasteiger partial charge in [0.15, 0.2) is 0 Å². The van der Waals surface area contributed by atoms with Crippen LogP contribution in [0.25, 0.3) is 0 Å². The lowest BCUT2D eigenvalue weighted by atomic mass is 10.2. The number of anilines is 1. The average molecular weight is 320 g/mol. The minimum atomic E-state index is -3.84. The molecule has 1 rings (SSSR count). The molecule has 0 aliphatic carbocycles. The third-order valence-corrected chi connectivity index (χ3v) is 4.27. The van der Waals surface area contributed by atoms with Gasteiger partial charge in [0.1, 0.15) is 0 Å². The smallest absolute Gasteiger partial charge is 0.241 e. The molecule has 20 heavy (non-hydrogen) atoms. The average Bonchev–Trinajstić information content (AvgIpc) is 2.30. The van der Waals surface area contributed by atoms with E-state index >= 15 is 0 Å². The second-order valence-electron chi connectivity index (χ2n) is 4.66. The van der Waals surface area contributed by atoms with E-state index in [0.717, 1.165) is 0 Å². The Bertz CT molecular complexity index is 615. The molecular formula is C12H18ClN3O3S. The van der Waals surface area contributed by atoms with E-state index in [4.69, 9.17) is 17.3 Å². The number of halogens is 1. The van der Waals surface area contributed by atoms with Gasteiger partial charge in [-0.25, -0.2) is 13.1 Å². The highest BCUT2D eigenvalue weighted by Crippen LogP contribution is 2.25. The molecule has 0 unspecified atom stereocenters. The summed E-state index contributed by atoms with van der Waals surface area (Å²) in [6.07, 6.45) is 0. The number of nitrogens with one attached hydrogen (secondary N) is 2. The number of rotatable bonds is 5. The van der Waals surface area contributed by atoms with E-state index in [1.807, 2.05) is 0 Å². The monoisotopic (exact) mass is 319 g/mol. The normalized spacial score (nSPS) is 11.7. The molecule has 1 aromatic rings. The Kier molecular flexibility index (Phi) is 5.38. The molecule has 0 saturated heterocycles. The third-order valence-electron chi connectivity index (χ3n) is 2.53. The van der Waals surface area contributed by atoms with Crippen LogP contribution in [0.2, 0.25) is 5.02 Å². The summed E-state index contributed by atoms with van der Waals surface area (Å²) >= 11 is 5.81. The van der Waals surface area contributed by atoms with E-state index in [1.165, 1.54) is 12.1 Å². The predicted octanol–water partition coefficient (Wildman–Crippen LogP) is 1.03. The minimum absolute atomic E-state index is 0.0279. The van der Waals surface area contributed by atoms with Crippen molar-refractivity contribution < 1.29 is 13.2 Å². The zero-order valence-electron chi connectivity index (χ0n) is 11.5. The Hall–Kier alpha value is -1.31. The van der Waals surface area contributed by atoms with E-state index in [0.29, 0.717) is 5.56 Å². The van der Waals surface area contributed by atoms with Crippen molar-refractivity contribution in [3.8, 4) is 0 Å². The van der Waals surface area contributed by atoms with Gasteiger partial charge in [-0.1, -0.05) is 11.6 Å². The summed E-state index contributed by atoms with van der Waals surface area (Å²) in [5.74, 6) is -0.406. The van der Waals surface area contributed by atoms with Gasteiger partial charge in [-0.05, 0) is 38.5 Å². The maximum absolute atomic E-state index is 12.1. The SMILES string of the molecule is Cc1c(N)cc(Cl)cc1S(=O)(=O)NCC(=O)NC(C)C. The fraction of sp³-hybridized carbons (Fsp3) is 0.417. The second kappa shape index (κ2) is 6.43. The van der Waals surface area contributed by atoms with Crippen LogP contribution in [0.3, 0.4) is 0 Å².